The highest BCUT2D eigenvalue weighted by atomic mass is 32.2. The maximum Gasteiger partial charge on any atom is 0.291 e. The van der Waals surface area contributed by atoms with Crippen LogP contribution >= 0.6 is 11.3 Å². The van der Waals surface area contributed by atoms with Crippen LogP contribution in [0, 0.1) is 5.41 Å². The first-order chi connectivity index (χ1) is 13.5. The summed E-state index contributed by atoms with van der Waals surface area (Å²) in [4.78, 5) is 24.3. The third-order valence-corrected chi connectivity index (χ3v) is 6.12. The lowest BCUT2D eigenvalue weighted by atomic mass is 9.96. The molecule has 0 aliphatic rings. The van der Waals surface area contributed by atoms with E-state index in [1.807, 2.05) is 0 Å². The van der Waals surface area contributed by atoms with E-state index in [-0.39, 0.29) is 33.2 Å². The highest BCUT2D eigenvalue weighted by molar-refractivity contribution is 7.94. The van der Waals surface area contributed by atoms with Gasteiger partial charge in [0.15, 0.2) is 0 Å². The van der Waals surface area contributed by atoms with Gasteiger partial charge in [-0.05, 0) is 12.1 Å². The standard InChI is InChI=1S/C17H23N5O5S2/c1-17(2,3)14(24)19-15-20-21-16(28-15)29(25,26)22-12-8-6-5-7-11(12)13(23)18-9-10-27-4/h5-8,22H,9-10H2,1-4H3,(H,18,23)(H,19,20,24). The monoisotopic (exact) mass is 441 g/mol. The van der Waals surface area contributed by atoms with Crippen molar-refractivity contribution in [3.63, 3.8) is 0 Å². The van der Waals surface area contributed by atoms with Gasteiger partial charge in [0, 0.05) is 19.1 Å². The summed E-state index contributed by atoms with van der Waals surface area (Å²) >= 11 is 0.713. The number of aromatic nitrogens is 2. The first-order valence-electron chi connectivity index (χ1n) is 8.58. The first-order valence-corrected chi connectivity index (χ1v) is 10.9. The fourth-order valence-corrected chi connectivity index (χ4v) is 3.95. The Morgan fingerprint density at radius 2 is 1.86 bits per heavy atom. The average molecular weight is 442 g/mol. The molecular weight excluding hydrogens is 418 g/mol. The second kappa shape index (κ2) is 9.29. The highest BCUT2D eigenvalue weighted by Gasteiger charge is 2.26. The number of ether oxygens (including phenoxy) is 1. The van der Waals surface area contributed by atoms with Crippen molar-refractivity contribution in [1.29, 1.82) is 0 Å². The Hall–Kier alpha value is -2.57. The van der Waals surface area contributed by atoms with Crippen LogP contribution in [-0.4, -0.2) is 50.7 Å². The van der Waals surface area contributed by atoms with Crippen LogP contribution < -0.4 is 15.4 Å². The molecule has 12 heteroatoms. The Morgan fingerprint density at radius 3 is 2.52 bits per heavy atom. The van der Waals surface area contributed by atoms with Crippen LogP contribution in [0.25, 0.3) is 0 Å². The van der Waals surface area contributed by atoms with Crippen LogP contribution in [0.3, 0.4) is 0 Å². The van der Waals surface area contributed by atoms with Gasteiger partial charge < -0.3 is 15.4 Å². The van der Waals surface area contributed by atoms with Crippen molar-refractivity contribution >= 4 is 44.0 Å². The summed E-state index contributed by atoms with van der Waals surface area (Å²) in [6, 6.07) is 6.17. The van der Waals surface area contributed by atoms with E-state index in [0.717, 1.165) is 0 Å². The molecule has 0 fully saturated rings. The van der Waals surface area contributed by atoms with Gasteiger partial charge in [-0.15, -0.1) is 10.2 Å². The molecule has 0 aliphatic carbocycles. The SMILES string of the molecule is COCCNC(=O)c1ccccc1NS(=O)(=O)c1nnc(NC(=O)C(C)(C)C)s1. The average Bonchev–Trinajstić information content (AvgIpc) is 3.11. The fourth-order valence-electron chi connectivity index (χ4n) is 1.97. The number of methoxy groups -OCH3 is 1. The largest absolute Gasteiger partial charge is 0.383 e. The van der Waals surface area contributed by atoms with E-state index >= 15 is 0 Å². The number of para-hydroxylation sites is 1. The molecule has 1 aromatic heterocycles. The summed E-state index contributed by atoms with van der Waals surface area (Å²) < 4.78 is 32.2. The topological polar surface area (TPSA) is 139 Å². The number of carbonyl (C=O) groups is 2. The normalized spacial score (nSPS) is 11.7. The number of anilines is 2. The molecule has 0 saturated heterocycles. The predicted octanol–water partition coefficient (Wildman–Crippen LogP) is 1.70. The maximum absolute atomic E-state index is 12.7. The third-order valence-electron chi connectivity index (χ3n) is 3.55. The third kappa shape index (κ3) is 6.21. The molecule has 0 aliphatic heterocycles. The zero-order valence-electron chi connectivity index (χ0n) is 16.5. The molecule has 0 saturated carbocycles. The number of hydrogen-bond donors (Lipinski definition) is 3. The van der Waals surface area contributed by atoms with Crippen molar-refractivity contribution in [2.24, 2.45) is 5.41 Å². The molecule has 2 amide bonds. The van der Waals surface area contributed by atoms with Crippen molar-refractivity contribution in [2.45, 2.75) is 25.1 Å². The van der Waals surface area contributed by atoms with Gasteiger partial charge in [-0.25, -0.2) is 0 Å². The van der Waals surface area contributed by atoms with Gasteiger partial charge in [0.2, 0.25) is 11.0 Å². The van der Waals surface area contributed by atoms with Gasteiger partial charge in [0.25, 0.3) is 20.3 Å². The molecule has 158 valence electrons. The number of rotatable bonds is 8. The first kappa shape index (κ1) is 22.7. The second-order valence-corrected chi connectivity index (χ2v) is 9.81. The van der Waals surface area contributed by atoms with Crippen molar-refractivity contribution in [3.05, 3.63) is 29.8 Å². The minimum absolute atomic E-state index is 0.0656. The van der Waals surface area contributed by atoms with Gasteiger partial charge in [-0.2, -0.15) is 8.42 Å². The number of nitrogens with one attached hydrogen (secondary N) is 3. The fraction of sp³-hybridized carbons (Fsp3) is 0.412. The molecule has 3 N–H and O–H groups in total. The van der Waals surface area contributed by atoms with E-state index in [4.69, 9.17) is 4.74 Å². The van der Waals surface area contributed by atoms with Crippen molar-refractivity contribution in [2.75, 3.05) is 30.3 Å². The van der Waals surface area contributed by atoms with E-state index in [1.54, 1.807) is 32.9 Å². The molecule has 1 heterocycles. The Labute approximate surface area is 173 Å². The molecule has 29 heavy (non-hydrogen) atoms. The summed E-state index contributed by atoms with van der Waals surface area (Å²) in [6.45, 7) is 5.77. The van der Waals surface area contributed by atoms with E-state index in [9.17, 15) is 18.0 Å². The maximum atomic E-state index is 12.7. The molecular formula is C17H23N5O5S2. The molecule has 0 atom stereocenters. The summed E-state index contributed by atoms with van der Waals surface area (Å²) in [7, 11) is -2.60. The Kier molecular flexibility index (Phi) is 7.27. The number of sulfonamides is 1. The van der Waals surface area contributed by atoms with Crippen molar-refractivity contribution in [1.82, 2.24) is 15.5 Å². The summed E-state index contributed by atoms with van der Waals surface area (Å²) in [5, 5.41) is 12.6. The van der Waals surface area contributed by atoms with Gasteiger partial charge in [-0.3, -0.25) is 14.3 Å². The van der Waals surface area contributed by atoms with Crippen molar-refractivity contribution < 1.29 is 22.7 Å². The number of carbonyl (C=O) groups excluding carboxylic acids is 2. The Bertz CT molecular complexity index is 982. The van der Waals surface area contributed by atoms with E-state index in [2.05, 4.69) is 25.6 Å². The minimum Gasteiger partial charge on any atom is -0.383 e. The lowest BCUT2D eigenvalue weighted by Gasteiger charge is -2.15. The van der Waals surface area contributed by atoms with Crippen LogP contribution in [0.2, 0.25) is 0 Å². The van der Waals surface area contributed by atoms with E-state index < -0.39 is 21.3 Å². The smallest absolute Gasteiger partial charge is 0.291 e. The molecule has 0 unspecified atom stereocenters. The van der Waals surface area contributed by atoms with Crippen LogP contribution in [0.5, 0.6) is 0 Å². The number of hydrogen-bond acceptors (Lipinski definition) is 8. The lowest BCUT2D eigenvalue weighted by Crippen LogP contribution is -2.28. The van der Waals surface area contributed by atoms with Gasteiger partial charge in [-0.1, -0.05) is 44.2 Å². The zero-order valence-corrected chi connectivity index (χ0v) is 18.1. The highest BCUT2D eigenvalue weighted by Crippen LogP contribution is 2.25. The summed E-state index contributed by atoms with van der Waals surface area (Å²) in [5.74, 6) is -0.764. The van der Waals surface area contributed by atoms with E-state index in [1.165, 1.54) is 19.2 Å². The number of nitrogens with zero attached hydrogens (tertiary/aromatic N) is 2. The second-order valence-electron chi connectivity index (χ2n) is 6.98. The molecule has 0 bridgehead atoms. The van der Waals surface area contributed by atoms with Crippen LogP contribution in [0.15, 0.2) is 28.6 Å². The Morgan fingerprint density at radius 1 is 1.17 bits per heavy atom. The number of benzene rings is 1. The Balaban J connectivity index is 2.18. The van der Waals surface area contributed by atoms with Crippen LogP contribution in [0.4, 0.5) is 10.8 Å². The molecule has 10 nitrogen and oxygen atoms in total. The van der Waals surface area contributed by atoms with Gasteiger partial charge in [0.1, 0.15) is 0 Å². The summed E-state index contributed by atoms with van der Waals surface area (Å²) in [5.41, 5.74) is -0.422. The minimum atomic E-state index is -4.11. The van der Waals surface area contributed by atoms with Crippen molar-refractivity contribution in [3.8, 4) is 0 Å². The molecule has 1 aromatic carbocycles. The predicted molar refractivity (Wildman–Crippen MR) is 109 cm³/mol. The van der Waals surface area contributed by atoms with Gasteiger partial charge >= 0.3 is 0 Å². The van der Waals surface area contributed by atoms with E-state index in [0.29, 0.717) is 17.9 Å². The van der Waals surface area contributed by atoms with Gasteiger partial charge in [0.05, 0.1) is 17.9 Å². The molecule has 0 radical (unpaired) electrons. The van der Waals surface area contributed by atoms with Crippen LogP contribution in [-0.2, 0) is 19.6 Å². The quantitative estimate of drug-likeness (QED) is 0.418. The summed E-state index contributed by atoms with van der Waals surface area (Å²) in [6.07, 6.45) is 0. The molecule has 2 aromatic rings. The van der Waals surface area contributed by atoms with Crippen LogP contribution in [0.1, 0.15) is 31.1 Å². The molecule has 0 spiro atoms. The molecule has 2 rings (SSSR count). The lowest BCUT2D eigenvalue weighted by molar-refractivity contribution is -0.123. The number of amides is 2. The zero-order chi connectivity index (χ0) is 21.7.